The number of hydrogen-bond acceptors (Lipinski definition) is 5. The fraction of sp³-hybridized carbons (Fsp3) is 0.545. The molecule has 3 rings (SSSR count). The second-order valence-electron chi connectivity index (χ2n) is 4.29. The second kappa shape index (κ2) is 4.29. The molecular formula is C11H16N4OS. The molecule has 2 heterocycles. The molecule has 6 heteroatoms. The Morgan fingerprint density at radius 3 is 3.06 bits per heavy atom. The van der Waals surface area contributed by atoms with Crippen molar-refractivity contribution in [2.24, 2.45) is 5.73 Å². The molecule has 92 valence electrons. The van der Waals surface area contributed by atoms with Gasteiger partial charge in [0.15, 0.2) is 10.8 Å². The first-order valence-corrected chi connectivity index (χ1v) is 6.75. The number of thiazole rings is 1. The molecule has 0 unspecified atom stereocenters. The van der Waals surface area contributed by atoms with Gasteiger partial charge in [-0.15, -0.1) is 11.3 Å². The van der Waals surface area contributed by atoms with E-state index in [0.29, 0.717) is 19.1 Å². The lowest BCUT2D eigenvalue weighted by atomic mass is 10.3. The van der Waals surface area contributed by atoms with Gasteiger partial charge in [-0.2, -0.15) is 0 Å². The summed E-state index contributed by atoms with van der Waals surface area (Å²) in [6, 6.07) is 0.539. The van der Waals surface area contributed by atoms with Gasteiger partial charge in [-0.1, -0.05) is 0 Å². The van der Waals surface area contributed by atoms with Crippen LogP contribution >= 0.6 is 11.3 Å². The molecule has 0 aromatic carbocycles. The number of anilines is 1. The lowest BCUT2D eigenvalue weighted by Gasteiger charge is -2.22. The molecule has 1 aliphatic carbocycles. The summed E-state index contributed by atoms with van der Waals surface area (Å²) >= 11 is 1.61. The Kier molecular flexibility index (Phi) is 2.78. The molecule has 1 saturated carbocycles. The third-order valence-corrected chi connectivity index (χ3v) is 3.89. The maximum absolute atomic E-state index is 9.16. The largest absolute Gasteiger partial charge is 0.395 e. The molecule has 0 bridgehead atoms. The average molecular weight is 252 g/mol. The van der Waals surface area contributed by atoms with Gasteiger partial charge in [0.25, 0.3) is 0 Å². The van der Waals surface area contributed by atoms with Crippen molar-refractivity contribution in [3.05, 3.63) is 17.3 Å². The Hall–Kier alpha value is -1.11. The highest BCUT2D eigenvalue weighted by atomic mass is 32.1. The van der Waals surface area contributed by atoms with Crippen molar-refractivity contribution in [2.75, 3.05) is 18.1 Å². The number of hydrogen-bond donors (Lipinski definition) is 2. The smallest absolute Gasteiger partial charge is 0.195 e. The van der Waals surface area contributed by atoms with Crippen molar-refractivity contribution in [1.29, 1.82) is 0 Å². The van der Waals surface area contributed by atoms with Crippen molar-refractivity contribution in [3.63, 3.8) is 0 Å². The van der Waals surface area contributed by atoms with E-state index in [1.54, 1.807) is 11.3 Å². The van der Waals surface area contributed by atoms with Crippen LogP contribution in [0.5, 0.6) is 0 Å². The fourth-order valence-electron chi connectivity index (χ4n) is 2.20. The molecular weight excluding hydrogens is 236 g/mol. The molecule has 5 nitrogen and oxygen atoms in total. The third-order valence-electron chi connectivity index (χ3n) is 3.13. The van der Waals surface area contributed by atoms with Crippen LogP contribution in [0, 0.1) is 0 Å². The highest BCUT2D eigenvalue weighted by molar-refractivity contribution is 7.15. The topological polar surface area (TPSA) is 66.8 Å². The molecule has 0 atom stereocenters. The molecule has 0 amide bonds. The van der Waals surface area contributed by atoms with E-state index in [0.717, 1.165) is 16.5 Å². The van der Waals surface area contributed by atoms with Gasteiger partial charge >= 0.3 is 0 Å². The summed E-state index contributed by atoms with van der Waals surface area (Å²) in [6.45, 7) is 1.27. The predicted molar refractivity (Wildman–Crippen MR) is 68.4 cm³/mol. The molecule has 2 aromatic rings. The third kappa shape index (κ3) is 1.82. The van der Waals surface area contributed by atoms with Crippen molar-refractivity contribution >= 4 is 22.1 Å². The van der Waals surface area contributed by atoms with Crippen LogP contribution in [0.4, 0.5) is 5.82 Å². The number of aliphatic hydroxyl groups is 1. The molecule has 3 N–H and O–H groups in total. The lowest BCUT2D eigenvalue weighted by molar-refractivity contribution is 0.301. The number of aromatic nitrogens is 2. The second-order valence-corrected chi connectivity index (χ2v) is 5.16. The molecule has 1 aliphatic rings. The predicted octanol–water partition coefficient (Wildman–Crippen LogP) is 0.816. The summed E-state index contributed by atoms with van der Waals surface area (Å²) in [5, 5.41) is 11.2. The number of nitrogens with two attached hydrogens (primary N) is 1. The minimum absolute atomic E-state index is 0.158. The van der Waals surface area contributed by atoms with E-state index >= 15 is 0 Å². The van der Waals surface area contributed by atoms with Gasteiger partial charge in [-0.05, 0) is 12.8 Å². The first-order valence-electron chi connectivity index (χ1n) is 5.87. The summed E-state index contributed by atoms with van der Waals surface area (Å²) in [6.07, 6.45) is 4.38. The maximum Gasteiger partial charge on any atom is 0.195 e. The molecule has 0 spiro atoms. The zero-order valence-electron chi connectivity index (χ0n) is 9.54. The number of fused-ring (bicyclic) bond motifs is 1. The average Bonchev–Trinajstić information content (AvgIpc) is 2.96. The van der Waals surface area contributed by atoms with Crippen molar-refractivity contribution in [2.45, 2.75) is 25.4 Å². The molecule has 0 aliphatic heterocycles. The number of rotatable bonds is 5. The van der Waals surface area contributed by atoms with Crippen molar-refractivity contribution < 1.29 is 5.11 Å². The molecule has 17 heavy (non-hydrogen) atoms. The van der Waals surface area contributed by atoms with Crippen LogP contribution < -0.4 is 10.6 Å². The summed E-state index contributed by atoms with van der Waals surface area (Å²) in [4.78, 5) is 7.81. The van der Waals surface area contributed by atoms with Crippen LogP contribution in [0.2, 0.25) is 0 Å². The first-order chi connectivity index (χ1) is 8.35. The monoisotopic (exact) mass is 252 g/mol. The van der Waals surface area contributed by atoms with Gasteiger partial charge in [-0.3, -0.25) is 4.40 Å². The van der Waals surface area contributed by atoms with Crippen LogP contribution in [0.1, 0.15) is 18.5 Å². The zero-order valence-corrected chi connectivity index (χ0v) is 10.4. The molecule has 2 aromatic heterocycles. The standard InChI is InChI=1S/C11H16N4OS/c12-7-9-10(13-11-15(9)4-6-17-11)14(3-5-16)8-1-2-8/h4,6,8,16H,1-3,5,7,12H2. The van der Waals surface area contributed by atoms with Gasteiger partial charge in [-0.25, -0.2) is 4.98 Å². The van der Waals surface area contributed by atoms with Gasteiger partial charge in [0.05, 0.1) is 12.3 Å². The summed E-state index contributed by atoms with van der Waals surface area (Å²) in [5.41, 5.74) is 6.87. The van der Waals surface area contributed by atoms with E-state index in [2.05, 4.69) is 9.88 Å². The number of nitrogens with zero attached hydrogens (tertiary/aromatic N) is 3. The quantitative estimate of drug-likeness (QED) is 0.826. The Balaban J connectivity index is 2.04. The van der Waals surface area contributed by atoms with Gasteiger partial charge in [0.1, 0.15) is 0 Å². The van der Waals surface area contributed by atoms with E-state index < -0.39 is 0 Å². The fourth-order valence-corrected chi connectivity index (χ4v) is 2.92. The van der Waals surface area contributed by atoms with Crippen molar-refractivity contribution in [3.8, 4) is 0 Å². The van der Waals surface area contributed by atoms with Crippen molar-refractivity contribution in [1.82, 2.24) is 9.38 Å². The van der Waals surface area contributed by atoms with Crippen LogP contribution in [-0.2, 0) is 6.54 Å². The van der Waals surface area contributed by atoms with E-state index in [-0.39, 0.29) is 6.61 Å². The molecule has 1 fully saturated rings. The first kappa shape index (κ1) is 11.0. The SMILES string of the molecule is NCc1c(N(CCO)C2CC2)nc2sccn12. The van der Waals surface area contributed by atoms with Crippen LogP contribution in [0.25, 0.3) is 4.96 Å². The van der Waals surface area contributed by atoms with E-state index in [4.69, 9.17) is 10.8 Å². The van der Waals surface area contributed by atoms with E-state index in [9.17, 15) is 0 Å². The van der Waals surface area contributed by atoms with Gasteiger partial charge < -0.3 is 15.7 Å². The summed E-state index contributed by atoms with van der Waals surface area (Å²) in [5.74, 6) is 0.955. The Morgan fingerprint density at radius 2 is 2.41 bits per heavy atom. The highest BCUT2D eigenvalue weighted by Crippen LogP contribution is 2.33. The lowest BCUT2D eigenvalue weighted by Crippen LogP contribution is -2.30. The van der Waals surface area contributed by atoms with Crippen LogP contribution in [-0.4, -0.2) is 33.7 Å². The van der Waals surface area contributed by atoms with Crippen LogP contribution in [0.15, 0.2) is 11.6 Å². The number of imidazole rings is 1. The normalized spacial score (nSPS) is 15.6. The molecule has 0 saturated heterocycles. The highest BCUT2D eigenvalue weighted by Gasteiger charge is 2.32. The Labute approximate surface area is 103 Å². The summed E-state index contributed by atoms with van der Waals surface area (Å²) < 4.78 is 2.05. The maximum atomic E-state index is 9.16. The minimum Gasteiger partial charge on any atom is -0.395 e. The summed E-state index contributed by atoms with van der Waals surface area (Å²) in [7, 11) is 0. The zero-order chi connectivity index (χ0) is 11.8. The van der Waals surface area contributed by atoms with E-state index in [1.165, 1.54) is 12.8 Å². The Morgan fingerprint density at radius 1 is 1.59 bits per heavy atom. The Bertz CT molecular complexity index is 516. The van der Waals surface area contributed by atoms with Gasteiger partial charge in [0, 0.05) is 30.7 Å². The van der Waals surface area contributed by atoms with Crippen LogP contribution in [0.3, 0.4) is 0 Å². The minimum atomic E-state index is 0.158. The van der Waals surface area contributed by atoms with E-state index in [1.807, 2.05) is 16.0 Å². The van der Waals surface area contributed by atoms with Gasteiger partial charge in [0.2, 0.25) is 0 Å². The molecule has 0 radical (unpaired) electrons. The number of aliphatic hydroxyl groups excluding tert-OH is 1.